The summed E-state index contributed by atoms with van der Waals surface area (Å²) in [6.45, 7) is 1.20. The van der Waals surface area contributed by atoms with E-state index in [0.717, 1.165) is 16.9 Å². The van der Waals surface area contributed by atoms with Crippen LogP contribution < -0.4 is 10.1 Å². The van der Waals surface area contributed by atoms with Crippen LogP contribution in [0.3, 0.4) is 0 Å². The van der Waals surface area contributed by atoms with Gasteiger partial charge in [-0.2, -0.15) is 0 Å². The molecule has 2 aliphatic rings. The molecule has 0 radical (unpaired) electrons. The second-order valence-electron chi connectivity index (χ2n) is 9.11. The van der Waals surface area contributed by atoms with E-state index in [0.29, 0.717) is 45.3 Å². The number of carbonyl (C=O) groups excluding carboxylic acids is 3. The first kappa shape index (κ1) is 23.7. The van der Waals surface area contributed by atoms with E-state index in [1.165, 1.54) is 12.1 Å². The summed E-state index contributed by atoms with van der Waals surface area (Å²) in [5, 5.41) is 3.10. The quantitative estimate of drug-likeness (QED) is 0.648. The van der Waals surface area contributed by atoms with Crippen molar-refractivity contribution in [1.82, 2.24) is 15.1 Å². The van der Waals surface area contributed by atoms with Gasteiger partial charge in [0.25, 0.3) is 0 Å². The van der Waals surface area contributed by atoms with E-state index < -0.39 is 5.54 Å². The molecule has 0 spiro atoms. The topological polar surface area (TPSA) is 79.0 Å². The molecule has 0 bridgehead atoms. The van der Waals surface area contributed by atoms with E-state index in [9.17, 15) is 18.8 Å². The molecule has 2 saturated heterocycles. The number of benzene rings is 2. The maximum atomic E-state index is 13.4. The van der Waals surface area contributed by atoms with Crippen molar-refractivity contribution in [3.63, 3.8) is 0 Å². The lowest BCUT2D eigenvalue weighted by atomic mass is 9.85. The van der Waals surface area contributed by atoms with Crippen LogP contribution in [0.1, 0.15) is 36.8 Å². The highest BCUT2D eigenvalue weighted by Crippen LogP contribution is 2.30. The lowest BCUT2D eigenvalue weighted by Crippen LogP contribution is -2.52. The molecule has 2 aromatic rings. The van der Waals surface area contributed by atoms with Gasteiger partial charge in [0, 0.05) is 38.0 Å². The van der Waals surface area contributed by atoms with Crippen LogP contribution in [-0.2, 0) is 27.3 Å². The first-order valence-corrected chi connectivity index (χ1v) is 11.6. The van der Waals surface area contributed by atoms with Crippen LogP contribution in [0.2, 0.25) is 0 Å². The predicted octanol–water partition coefficient (Wildman–Crippen LogP) is 2.68. The Morgan fingerprint density at radius 3 is 2.56 bits per heavy atom. The summed E-state index contributed by atoms with van der Waals surface area (Å²) in [4.78, 5) is 40.9. The van der Waals surface area contributed by atoms with Crippen LogP contribution in [0.25, 0.3) is 0 Å². The van der Waals surface area contributed by atoms with Gasteiger partial charge in [0.15, 0.2) is 0 Å². The summed E-state index contributed by atoms with van der Waals surface area (Å²) in [5.74, 6) is 0.202. The lowest BCUT2D eigenvalue weighted by Gasteiger charge is -2.35. The van der Waals surface area contributed by atoms with Crippen molar-refractivity contribution in [2.24, 2.45) is 0 Å². The fourth-order valence-corrected chi connectivity index (χ4v) is 4.76. The number of hydrogen-bond donors (Lipinski definition) is 1. The van der Waals surface area contributed by atoms with Crippen LogP contribution in [0.4, 0.5) is 4.39 Å². The van der Waals surface area contributed by atoms with Crippen molar-refractivity contribution in [3.05, 3.63) is 65.5 Å². The van der Waals surface area contributed by atoms with Crippen LogP contribution in [0, 0.1) is 5.82 Å². The smallest absolute Gasteiger partial charge is 0.242 e. The first-order chi connectivity index (χ1) is 16.4. The zero-order valence-electron chi connectivity index (χ0n) is 19.4. The van der Waals surface area contributed by atoms with E-state index in [2.05, 4.69) is 5.32 Å². The molecule has 0 saturated carbocycles. The van der Waals surface area contributed by atoms with E-state index in [-0.39, 0.29) is 36.5 Å². The minimum atomic E-state index is -0.468. The molecule has 4 rings (SSSR count). The standard InChI is InChI=1S/C26H30FN3O4/c1-34-22-7-5-19(6-8-22)16-26(11-9-23(31)28-26)12-10-24(32)30-14-13-29(25(33)18-30)17-20-3-2-4-21(27)15-20/h2-8,15H,9-14,16-18H2,1H3,(H,28,31)/t26-/m0/s1. The van der Waals surface area contributed by atoms with Gasteiger partial charge >= 0.3 is 0 Å². The number of nitrogens with one attached hydrogen (secondary N) is 1. The zero-order chi connectivity index (χ0) is 24.1. The first-order valence-electron chi connectivity index (χ1n) is 11.6. The molecule has 1 atom stereocenters. The molecule has 0 aliphatic carbocycles. The summed E-state index contributed by atoms with van der Waals surface area (Å²) in [6, 6.07) is 13.9. The number of ether oxygens (including phenoxy) is 1. The Morgan fingerprint density at radius 2 is 1.91 bits per heavy atom. The second-order valence-corrected chi connectivity index (χ2v) is 9.11. The maximum absolute atomic E-state index is 13.4. The molecule has 2 heterocycles. The number of carbonyl (C=O) groups is 3. The van der Waals surface area contributed by atoms with Crippen molar-refractivity contribution in [2.75, 3.05) is 26.7 Å². The number of methoxy groups -OCH3 is 1. The largest absolute Gasteiger partial charge is 0.497 e. The van der Waals surface area contributed by atoms with Gasteiger partial charge in [-0.05, 0) is 54.7 Å². The molecule has 2 fully saturated rings. The molecule has 7 nitrogen and oxygen atoms in total. The van der Waals surface area contributed by atoms with E-state index >= 15 is 0 Å². The summed E-state index contributed by atoms with van der Waals surface area (Å²) in [6.07, 6.45) is 2.53. The molecular weight excluding hydrogens is 437 g/mol. The Labute approximate surface area is 198 Å². The molecule has 3 amide bonds. The number of hydrogen-bond acceptors (Lipinski definition) is 4. The third-order valence-corrected chi connectivity index (χ3v) is 6.69. The summed E-state index contributed by atoms with van der Waals surface area (Å²) < 4.78 is 18.7. The third kappa shape index (κ3) is 5.73. The van der Waals surface area contributed by atoms with Crippen LogP contribution in [-0.4, -0.2) is 59.8 Å². The number of nitrogens with zero attached hydrogens (tertiary/aromatic N) is 2. The monoisotopic (exact) mass is 467 g/mol. The van der Waals surface area contributed by atoms with E-state index in [1.54, 1.807) is 29.0 Å². The van der Waals surface area contributed by atoms with Crippen molar-refractivity contribution in [1.29, 1.82) is 0 Å². The SMILES string of the molecule is COc1ccc(C[C@@]2(CCC(=O)N3CCN(Cc4cccc(F)c4)C(=O)C3)CCC(=O)N2)cc1. The number of amides is 3. The summed E-state index contributed by atoms with van der Waals surface area (Å²) >= 11 is 0. The average Bonchev–Trinajstić information content (AvgIpc) is 3.19. The van der Waals surface area contributed by atoms with E-state index in [4.69, 9.17) is 4.74 Å². The van der Waals surface area contributed by atoms with Crippen molar-refractivity contribution < 1.29 is 23.5 Å². The summed E-state index contributed by atoms with van der Waals surface area (Å²) in [5.41, 5.74) is 1.33. The van der Waals surface area contributed by atoms with Crippen LogP contribution >= 0.6 is 0 Å². The average molecular weight is 468 g/mol. The molecule has 0 unspecified atom stereocenters. The Morgan fingerprint density at radius 1 is 1.12 bits per heavy atom. The normalized spacial score (nSPS) is 20.4. The minimum Gasteiger partial charge on any atom is -0.497 e. The fourth-order valence-electron chi connectivity index (χ4n) is 4.76. The van der Waals surface area contributed by atoms with E-state index in [1.807, 2.05) is 24.3 Å². The molecule has 180 valence electrons. The van der Waals surface area contributed by atoms with Crippen molar-refractivity contribution in [2.45, 2.75) is 44.2 Å². The van der Waals surface area contributed by atoms with Gasteiger partial charge in [-0.1, -0.05) is 24.3 Å². The number of piperazine rings is 1. The van der Waals surface area contributed by atoms with Gasteiger partial charge in [-0.15, -0.1) is 0 Å². The Kier molecular flexibility index (Phi) is 7.14. The summed E-state index contributed by atoms with van der Waals surface area (Å²) in [7, 11) is 1.62. The molecule has 8 heteroatoms. The molecule has 1 N–H and O–H groups in total. The van der Waals surface area contributed by atoms with Crippen molar-refractivity contribution in [3.8, 4) is 5.75 Å². The zero-order valence-corrected chi connectivity index (χ0v) is 19.4. The molecular formula is C26H30FN3O4. The van der Waals surface area contributed by atoms with Gasteiger partial charge in [0.05, 0.1) is 13.7 Å². The third-order valence-electron chi connectivity index (χ3n) is 6.69. The van der Waals surface area contributed by atoms with Crippen LogP contribution in [0.5, 0.6) is 5.75 Å². The number of rotatable bonds is 8. The Hall–Kier alpha value is -3.42. The van der Waals surface area contributed by atoms with Gasteiger partial charge in [-0.3, -0.25) is 14.4 Å². The van der Waals surface area contributed by atoms with Gasteiger partial charge in [0.2, 0.25) is 17.7 Å². The highest BCUT2D eigenvalue weighted by Gasteiger charge is 2.38. The molecule has 0 aromatic heterocycles. The number of halogens is 1. The second kappa shape index (κ2) is 10.2. The van der Waals surface area contributed by atoms with Gasteiger partial charge in [0.1, 0.15) is 11.6 Å². The van der Waals surface area contributed by atoms with Gasteiger partial charge < -0.3 is 19.9 Å². The molecule has 2 aromatic carbocycles. The van der Waals surface area contributed by atoms with Crippen LogP contribution in [0.15, 0.2) is 48.5 Å². The molecule has 2 aliphatic heterocycles. The lowest BCUT2D eigenvalue weighted by molar-refractivity contribution is -0.145. The molecule has 34 heavy (non-hydrogen) atoms. The minimum absolute atomic E-state index is 0.00195. The Balaban J connectivity index is 1.33. The highest BCUT2D eigenvalue weighted by atomic mass is 19.1. The Bertz CT molecular complexity index is 1060. The maximum Gasteiger partial charge on any atom is 0.242 e. The fraction of sp³-hybridized carbons (Fsp3) is 0.423. The van der Waals surface area contributed by atoms with Gasteiger partial charge in [-0.25, -0.2) is 4.39 Å². The predicted molar refractivity (Wildman–Crippen MR) is 124 cm³/mol. The van der Waals surface area contributed by atoms with Crippen molar-refractivity contribution >= 4 is 17.7 Å². The highest BCUT2D eigenvalue weighted by molar-refractivity contribution is 5.86.